The molecule has 122 valence electrons. The molecule has 0 atom stereocenters. The fraction of sp³-hybridized carbons (Fsp3) is 0.150. The number of benzene rings is 2. The minimum atomic E-state index is -0.0415. The molecule has 0 amide bonds. The van der Waals surface area contributed by atoms with Gasteiger partial charge in [0.25, 0.3) is 0 Å². The number of halogens is 1. The molecule has 1 heterocycles. The highest BCUT2D eigenvalue weighted by molar-refractivity contribution is 6.30. The number of aryl methyl sites for hydroxylation is 1. The zero-order valence-electron chi connectivity index (χ0n) is 13.6. The molecular weight excluding hydrogens is 322 g/mol. The van der Waals surface area contributed by atoms with Gasteiger partial charge >= 0.3 is 0 Å². The summed E-state index contributed by atoms with van der Waals surface area (Å²) in [6.45, 7) is 3.95. The van der Waals surface area contributed by atoms with Gasteiger partial charge in [0, 0.05) is 27.7 Å². The maximum absolute atomic E-state index is 12.5. The largest absolute Gasteiger partial charge is 0.485 e. The van der Waals surface area contributed by atoms with Crippen molar-refractivity contribution in [3.63, 3.8) is 0 Å². The molecule has 3 nitrogen and oxygen atoms in total. The van der Waals surface area contributed by atoms with Crippen molar-refractivity contribution >= 4 is 17.4 Å². The average Bonchev–Trinajstić information content (AvgIpc) is 2.89. The molecule has 0 radical (unpaired) electrons. The average molecular weight is 340 g/mol. The van der Waals surface area contributed by atoms with Gasteiger partial charge in [0.1, 0.15) is 5.75 Å². The minimum Gasteiger partial charge on any atom is -0.485 e. The topological polar surface area (TPSA) is 31.2 Å². The zero-order valence-corrected chi connectivity index (χ0v) is 14.4. The molecule has 0 saturated heterocycles. The number of para-hydroxylation sites is 1. The number of rotatable bonds is 5. The normalized spacial score (nSPS) is 10.6. The summed E-state index contributed by atoms with van der Waals surface area (Å²) in [6.07, 6.45) is 0. The van der Waals surface area contributed by atoms with Gasteiger partial charge in [0.15, 0.2) is 6.61 Å². The van der Waals surface area contributed by atoms with E-state index in [4.69, 9.17) is 16.3 Å². The molecule has 0 fully saturated rings. The van der Waals surface area contributed by atoms with Crippen molar-refractivity contribution in [2.75, 3.05) is 6.61 Å². The summed E-state index contributed by atoms with van der Waals surface area (Å²) in [6, 6.07) is 18.9. The lowest BCUT2D eigenvalue weighted by Gasteiger charge is -2.10. The third-order valence-corrected chi connectivity index (χ3v) is 4.18. The molecule has 2 aromatic carbocycles. The van der Waals surface area contributed by atoms with Crippen LogP contribution in [0, 0.1) is 13.8 Å². The number of aromatic nitrogens is 1. The smallest absolute Gasteiger partial charge is 0.202 e. The fourth-order valence-corrected chi connectivity index (χ4v) is 2.90. The van der Waals surface area contributed by atoms with Gasteiger partial charge in [-0.3, -0.25) is 4.79 Å². The molecule has 0 unspecified atom stereocenters. The van der Waals surface area contributed by atoms with E-state index in [0.29, 0.717) is 16.3 Å². The molecule has 0 aliphatic rings. The van der Waals surface area contributed by atoms with Crippen LogP contribution in [-0.2, 0) is 0 Å². The number of hydrogen-bond donors (Lipinski definition) is 0. The minimum absolute atomic E-state index is 0.000710. The van der Waals surface area contributed by atoms with E-state index in [9.17, 15) is 4.79 Å². The maximum Gasteiger partial charge on any atom is 0.202 e. The van der Waals surface area contributed by atoms with E-state index in [1.807, 2.05) is 50.2 Å². The van der Waals surface area contributed by atoms with Gasteiger partial charge in [-0.25, -0.2) is 0 Å². The van der Waals surface area contributed by atoms with E-state index in [-0.39, 0.29) is 12.4 Å². The van der Waals surface area contributed by atoms with Gasteiger partial charge in [-0.05, 0) is 56.3 Å². The van der Waals surface area contributed by atoms with Crippen molar-refractivity contribution in [1.82, 2.24) is 4.57 Å². The molecule has 4 heteroatoms. The third kappa shape index (κ3) is 3.36. The number of carbonyl (C=O) groups is 1. The summed E-state index contributed by atoms with van der Waals surface area (Å²) in [4.78, 5) is 12.5. The first-order chi connectivity index (χ1) is 11.6. The first kappa shape index (κ1) is 16.3. The lowest BCUT2D eigenvalue weighted by Crippen LogP contribution is -2.12. The second-order valence-electron chi connectivity index (χ2n) is 5.62. The molecule has 0 N–H and O–H groups in total. The Bertz CT molecular complexity index is 851. The van der Waals surface area contributed by atoms with Gasteiger partial charge < -0.3 is 9.30 Å². The van der Waals surface area contributed by atoms with Gasteiger partial charge in [0.05, 0.1) is 0 Å². The molecule has 0 saturated carbocycles. The number of Topliss-reactive ketones (excluding diaryl/α,β-unsaturated/α-hetero) is 1. The van der Waals surface area contributed by atoms with Gasteiger partial charge in [-0.2, -0.15) is 0 Å². The Morgan fingerprint density at radius 3 is 2.38 bits per heavy atom. The number of ether oxygens (including phenoxy) is 1. The van der Waals surface area contributed by atoms with Crippen molar-refractivity contribution in [2.45, 2.75) is 13.8 Å². The molecule has 0 bridgehead atoms. The predicted octanol–water partition coefficient (Wildman–Crippen LogP) is 5.01. The highest BCUT2D eigenvalue weighted by Gasteiger charge is 2.17. The molecule has 3 rings (SSSR count). The van der Waals surface area contributed by atoms with Crippen LogP contribution in [0.1, 0.15) is 21.7 Å². The Labute approximate surface area is 146 Å². The monoisotopic (exact) mass is 339 g/mol. The molecule has 3 aromatic rings. The van der Waals surface area contributed by atoms with Crippen LogP contribution in [0.5, 0.6) is 5.75 Å². The molecule has 0 spiro atoms. The Kier molecular flexibility index (Phi) is 4.72. The summed E-state index contributed by atoms with van der Waals surface area (Å²) in [5, 5.41) is 0.639. The Balaban J connectivity index is 1.79. The molecule has 0 aliphatic carbocycles. The van der Waals surface area contributed by atoms with Crippen molar-refractivity contribution in [1.29, 1.82) is 0 Å². The van der Waals surface area contributed by atoms with Gasteiger partial charge in [-0.1, -0.05) is 29.8 Å². The van der Waals surface area contributed by atoms with Crippen LogP contribution in [0.15, 0.2) is 60.7 Å². The predicted molar refractivity (Wildman–Crippen MR) is 96.5 cm³/mol. The van der Waals surface area contributed by atoms with Crippen molar-refractivity contribution < 1.29 is 9.53 Å². The van der Waals surface area contributed by atoms with Gasteiger partial charge in [0.2, 0.25) is 5.78 Å². The maximum atomic E-state index is 12.5. The van der Waals surface area contributed by atoms with Crippen LogP contribution in [0.4, 0.5) is 0 Å². The van der Waals surface area contributed by atoms with Crippen LogP contribution in [0.2, 0.25) is 5.02 Å². The van der Waals surface area contributed by atoms with E-state index in [0.717, 1.165) is 17.1 Å². The van der Waals surface area contributed by atoms with Crippen molar-refractivity contribution in [2.24, 2.45) is 0 Å². The second-order valence-corrected chi connectivity index (χ2v) is 6.06. The van der Waals surface area contributed by atoms with E-state index in [1.165, 1.54) is 0 Å². The Morgan fingerprint density at radius 1 is 1.04 bits per heavy atom. The number of hydrogen-bond acceptors (Lipinski definition) is 2. The van der Waals surface area contributed by atoms with Crippen LogP contribution in [-0.4, -0.2) is 17.0 Å². The Morgan fingerprint density at radius 2 is 1.71 bits per heavy atom. The van der Waals surface area contributed by atoms with Gasteiger partial charge in [-0.15, -0.1) is 0 Å². The summed E-state index contributed by atoms with van der Waals surface area (Å²) < 4.78 is 7.65. The van der Waals surface area contributed by atoms with E-state index in [2.05, 4.69) is 4.57 Å². The lowest BCUT2D eigenvalue weighted by molar-refractivity contribution is 0.0921. The first-order valence-corrected chi connectivity index (χ1v) is 8.10. The summed E-state index contributed by atoms with van der Waals surface area (Å²) in [5.41, 5.74) is 3.67. The summed E-state index contributed by atoms with van der Waals surface area (Å²) in [7, 11) is 0. The van der Waals surface area contributed by atoms with E-state index in [1.54, 1.807) is 24.3 Å². The standard InChI is InChI=1S/C20H18ClNO2/c1-14-12-19(15(2)22(14)17-6-4-3-5-7-17)20(23)13-24-18-10-8-16(21)9-11-18/h3-12H,13H2,1-2H3. The number of nitrogens with zero attached hydrogens (tertiary/aromatic N) is 1. The van der Waals surface area contributed by atoms with Crippen LogP contribution >= 0.6 is 11.6 Å². The van der Waals surface area contributed by atoms with Crippen LogP contribution in [0.3, 0.4) is 0 Å². The van der Waals surface area contributed by atoms with Crippen LogP contribution in [0.25, 0.3) is 5.69 Å². The van der Waals surface area contributed by atoms with Crippen molar-refractivity contribution in [3.05, 3.63) is 82.6 Å². The number of ketones is 1. The molecule has 1 aromatic heterocycles. The lowest BCUT2D eigenvalue weighted by atomic mass is 10.1. The molecule has 24 heavy (non-hydrogen) atoms. The van der Waals surface area contributed by atoms with Crippen molar-refractivity contribution in [3.8, 4) is 11.4 Å². The SMILES string of the molecule is Cc1cc(C(=O)COc2ccc(Cl)cc2)c(C)n1-c1ccccc1. The fourth-order valence-electron chi connectivity index (χ4n) is 2.78. The third-order valence-electron chi connectivity index (χ3n) is 3.93. The zero-order chi connectivity index (χ0) is 17.1. The highest BCUT2D eigenvalue weighted by Crippen LogP contribution is 2.22. The Hall–Kier alpha value is -2.52. The number of carbonyl (C=O) groups excluding carboxylic acids is 1. The summed E-state index contributed by atoms with van der Waals surface area (Å²) >= 11 is 5.84. The van der Waals surface area contributed by atoms with E-state index >= 15 is 0 Å². The van der Waals surface area contributed by atoms with E-state index < -0.39 is 0 Å². The second kappa shape index (κ2) is 6.93. The summed E-state index contributed by atoms with van der Waals surface area (Å²) in [5.74, 6) is 0.588. The molecular formula is C20H18ClNO2. The molecule has 0 aliphatic heterocycles. The highest BCUT2D eigenvalue weighted by atomic mass is 35.5. The van der Waals surface area contributed by atoms with Crippen LogP contribution < -0.4 is 4.74 Å². The first-order valence-electron chi connectivity index (χ1n) is 7.72. The quantitative estimate of drug-likeness (QED) is 0.612.